The number of ether oxygens (including phenoxy) is 2. The summed E-state index contributed by atoms with van der Waals surface area (Å²) in [6, 6.07) is 12.3. The van der Waals surface area contributed by atoms with Gasteiger partial charge in [0, 0.05) is 10.4 Å². The fourth-order valence-corrected chi connectivity index (χ4v) is 4.55. The standard InChI is InChI=1S/C28H29ClF3NO5/c1-4-14-27(3,5-2)24(26(35)36)33-25(34)21-13-9-18-8-10-19(29)15-22(18)23(21)37-16-17-6-11-20(12-7-17)38-28(30,31)32/h6-13,15,24H,4-5,14,16H2,1-3H3,(H,33,34)(H,35,36). The zero-order valence-corrected chi connectivity index (χ0v) is 21.9. The Morgan fingerprint density at radius 2 is 1.71 bits per heavy atom. The van der Waals surface area contributed by atoms with E-state index >= 15 is 0 Å². The number of carbonyl (C=O) groups is 2. The third-order valence-electron chi connectivity index (χ3n) is 6.57. The molecule has 10 heteroatoms. The number of carbonyl (C=O) groups excluding carboxylic acids is 1. The molecule has 0 heterocycles. The maximum absolute atomic E-state index is 13.5. The molecule has 0 aliphatic rings. The highest BCUT2D eigenvalue weighted by Gasteiger charge is 2.39. The van der Waals surface area contributed by atoms with Gasteiger partial charge in [0.15, 0.2) is 0 Å². The average molecular weight is 552 g/mol. The summed E-state index contributed by atoms with van der Waals surface area (Å²) in [5.41, 5.74) is -0.0368. The lowest BCUT2D eigenvalue weighted by molar-refractivity contribution is -0.274. The number of halogens is 4. The normalized spacial score (nSPS) is 14.0. The minimum atomic E-state index is -4.80. The van der Waals surface area contributed by atoms with Gasteiger partial charge in [-0.2, -0.15) is 0 Å². The Morgan fingerprint density at radius 1 is 1.05 bits per heavy atom. The number of amides is 1. The molecule has 0 bridgehead atoms. The third-order valence-corrected chi connectivity index (χ3v) is 6.80. The van der Waals surface area contributed by atoms with E-state index < -0.39 is 29.7 Å². The molecule has 0 aromatic heterocycles. The van der Waals surface area contributed by atoms with E-state index in [1.165, 1.54) is 12.1 Å². The molecule has 0 saturated heterocycles. The van der Waals surface area contributed by atoms with E-state index in [1.807, 2.05) is 20.8 Å². The third kappa shape index (κ3) is 7.10. The molecule has 2 N–H and O–H groups in total. The summed E-state index contributed by atoms with van der Waals surface area (Å²) in [6.45, 7) is 5.59. The van der Waals surface area contributed by atoms with Gasteiger partial charge in [-0.15, -0.1) is 13.2 Å². The van der Waals surface area contributed by atoms with Crippen LogP contribution in [0.3, 0.4) is 0 Å². The molecule has 0 fully saturated rings. The Hall–Kier alpha value is -3.46. The van der Waals surface area contributed by atoms with E-state index in [4.69, 9.17) is 16.3 Å². The first-order chi connectivity index (χ1) is 17.9. The van der Waals surface area contributed by atoms with Gasteiger partial charge in [0.25, 0.3) is 5.91 Å². The first-order valence-corrected chi connectivity index (χ1v) is 12.5. The van der Waals surface area contributed by atoms with Crippen molar-refractivity contribution in [1.82, 2.24) is 5.32 Å². The van der Waals surface area contributed by atoms with Gasteiger partial charge in [0.05, 0.1) is 5.56 Å². The van der Waals surface area contributed by atoms with Crippen molar-refractivity contribution in [2.75, 3.05) is 0 Å². The van der Waals surface area contributed by atoms with Crippen molar-refractivity contribution in [3.8, 4) is 11.5 Å². The lowest BCUT2D eigenvalue weighted by atomic mass is 9.76. The van der Waals surface area contributed by atoms with Gasteiger partial charge in [-0.05, 0) is 59.5 Å². The van der Waals surface area contributed by atoms with Crippen LogP contribution in [0.1, 0.15) is 56.0 Å². The van der Waals surface area contributed by atoms with Crippen LogP contribution in [0.25, 0.3) is 10.8 Å². The highest BCUT2D eigenvalue weighted by atomic mass is 35.5. The molecule has 1 amide bonds. The Bertz CT molecular complexity index is 1300. The van der Waals surface area contributed by atoms with Gasteiger partial charge in [0.2, 0.25) is 0 Å². The minimum absolute atomic E-state index is 0.0803. The number of hydrogen-bond acceptors (Lipinski definition) is 4. The maximum Gasteiger partial charge on any atom is 0.573 e. The van der Waals surface area contributed by atoms with Crippen LogP contribution in [0, 0.1) is 5.41 Å². The van der Waals surface area contributed by atoms with Crippen LogP contribution in [0.2, 0.25) is 5.02 Å². The van der Waals surface area contributed by atoms with Crippen molar-refractivity contribution in [2.45, 2.75) is 59.0 Å². The van der Waals surface area contributed by atoms with E-state index in [9.17, 15) is 27.9 Å². The molecule has 0 saturated carbocycles. The average Bonchev–Trinajstić information content (AvgIpc) is 2.85. The van der Waals surface area contributed by atoms with Crippen LogP contribution in [0.4, 0.5) is 13.2 Å². The fraction of sp³-hybridized carbons (Fsp3) is 0.357. The second-order valence-electron chi connectivity index (χ2n) is 9.29. The van der Waals surface area contributed by atoms with Gasteiger partial charge in [-0.3, -0.25) is 4.79 Å². The summed E-state index contributed by atoms with van der Waals surface area (Å²) in [7, 11) is 0. The molecule has 2 unspecified atom stereocenters. The van der Waals surface area contributed by atoms with Gasteiger partial charge in [0.1, 0.15) is 24.1 Å². The molecule has 0 spiro atoms. The van der Waals surface area contributed by atoms with Crippen molar-refractivity contribution in [3.05, 3.63) is 70.7 Å². The maximum atomic E-state index is 13.5. The lowest BCUT2D eigenvalue weighted by Crippen LogP contribution is -2.51. The van der Waals surface area contributed by atoms with Gasteiger partial charge in [-0.1, -0.05) is 63.1 Å². The van der Waals surface area contributed by atoms with Crippen LogP contribution in [-0.4, -0.2) is 29.4 Å². The van der Waals surface area contributed by atoms with Gasteiger partial charge < -0.3 is 19.9 Å². The van der Waals surface area contributed by atoms with Crippen LogP contribution in [-0.2, 0) is 11.4 Å². The van der Waals surface area contributed by atoms with Crippen molar-refractivity contribution in [2.24, 2.45) is 5.41 Å². The Kier molecular flexibility index (Phi) is 9.14. The van der Waals surface area contributed by atoms with Crippen LogP contribution in [0.5, 0.6) is 11.5 Å². The van der Waals surface area contributed by atoms with Crippen LogP contribution in [0.15, 0.2) is 54.6 Å². The molecule has 0 radical (unpaired) electrons. The highest BCUT2D eigenvalue weighted by Crippen LogP contribution is 2.35. The number of nitrogens with one attached hydrogen (secondary N) is 1. The Labute approximate surface area is 223 Å². The van der Waals surface area contributed by atoms with Gasteiger partial charge >= 0.3 is 12.3 Å². The molecule has 6 nitrogen and oxygen atoms in total. The van der Waals surface area contributed by atoms with E-state index in [1.54, 1.807) is 30.3 Å². The molecule has 0 aliphatic heterocycles. The Morgan fingerprint density at radius 3 is 2.29 bits per heavy atom. The predicted octanol–water partition coefficient (Wildman–Crippen LogP) is 7.37. The number of alkyl halides is 3. The second kappa shape index (κ2) is 11.9. The predicted molar refractivity (Wildman–Crippen MR) is 139 cm³/mol. The number of benzene rings is 3. The van der Waals surface area contributed by atoms with E-state index in [-0.39, 0.29) is 23.7 Å². The molecule has 3 rings (SSSR count). The number of hydrogen-bond donors (Lipinski definition) is 2. The number of carboxylic acid groups (broad SMARTS) is 1. The van der Waals surface area contributed by atoms with Gasteiger partial charge in [-0.25, -0.2) is 4.79 Å². The zero-order valence-electron chi connectivity index (χ0n) is 21.2. The summed E-state index contributed by atoms with van der Waals surface area (Å²) < 4.78 is 47.3. The molecule has 0 aliphatic carbocycles. The van der Waals surface area contributed by atoms with E-state index in [2.05, 4.69) is 10.1 Å². The minimum Gasteiger partial charge on any atom is -0.487 e. The molecule has 38 heavy (non-hydrogen) atoms. The molecule has 2 atom stereocenters. The molecule has 3 aromatic carbocycles. The summed E-state index contributed by atoms with van der Waals surface area (Å²) in [5, 5.41) is 14.3. The highest BCUT2D eigenvalue weighted by molar-refractivity contribution is 6.31. The molecule has 3 aromatic rings. The lowest BCUT2D eigenvalue weighted by Gasteiger charge is -2.34. The summed E-state index contributed by atoms with van der Waals surface area (Å²) in [4.78, 5) is 25.6. The number of carboxylic acids is 1. The number of fused-ring (bicyclic) bond motifs is 1. The monoisotopic (exact) mass is 551 g/mol. The molecular formula is C28H29ClF3NO5. The zero-order chi connectivity index (χ0) is 28.1. The number of rotatable bonds is 11. The first-order valence-electron chi connectivity index (χ1n) is 12.1. The SMILES string of the molecule is CCCC(C)(CC)C(NC(=O)c1ccc2ccc(Cl)cc2c1OCc1ccc(OC(F)(F)F)cc1)C(=O)O. The van der Waals surface area contributed by atoms with Crippen molar-refractivity contribution in [3.63, 3.8) is 0 Å². The Balaban J connectivity index is 1.95. The second-order valence-corrected chi connectivity index (χ2v) is 9.73. The van der Waals surface area contributed by atoms with Crippen molar-refractivity contribution < 1.29 is 37.3 Å². The van der Waals surface area contributed by atoms with Crippen LogP contribution >= 0.6 is 11.6 Å². The topological polar surface area (TPSA) is 84.9 Å². The van der Waals surface area contributed by atoms with Crippen LogP contribution < -0.4 is 14.8 Å². The summed E-state index contributed by atoms with van der Waals surface area (Å²) in [6.07, 6.45) is -2.91. The first kappa shape index (κ1) is 29.1. The van der Waals surface area contributed by atoms with Crippen molar-refractivity contribution >= 4 is 34.2 Å². The summed E-state index contributed by atoms with van der Waals surface area (Å²) in [5.74, 6) is -1.96. The van der Waals surface area contributed by atoms with E-state index in [0.29, 0.717) is 28.8 Å². The number of aliphatic carboxylic acids is 1. The largest absolute Gasteiger partial charge is 0.573 e. The summed E-state index contributed by atoms with van der Waals surface area (Å²) >= 11 is 6.21. The van der Waals surface area contributed by atoms with Crippen molar-refractivity contribution in [1.29, 1.82) is 0 Å². The quantitative estimate of drug-likeness (QED) is 0.260. The van der Waals surface area contributed by atoms with E-state index in [0.717, 1.165) is 23.9 Å². The molecule has 204 valence electrons. The smallest absolute Gasteiger partial charge is 0.487 e. The molecular weight excluding hydrogens is 523 g/mol. The fourth-order valence-electron chi connectivity index (χ4n) is 4.38.